The Hall–Kier alpha value is -4.36. The molecule has 0 aliphatic carbocycles. The van der Waals surface area contributed by atoms with Crippen LogP contribution in [0.1, 0.15) is 47.7 Å². The molecule has 0 saturated carbocycles. The number of carbonyl (C=O) groups excluding carboxylic acids is 3. The molecule has 1 N–H and O–H groups in total. The van der Waals surface area contributed by atoms with Crippen molar-refractivity contribution in [3.05, 3.63) is 112 Å². The van der Waals surface area contributed by atoms with Crippen molar-refractivity contribution >= 4 is 59.1 Å². The van der Waals surface area contributed by atoms with Gasteiger partial charge in [0.05, 0.1) is 48.7 Å². The number of amides is 3. The number of hydrogen-bond donors (Lipinski definition) is 1. The van der Waals surface area contributed by atoms with Gasteiger partial charge in [-0.3, -0.25) is 19.3 Å². The van der Waals surface area contributed by atoms with Gasteiger partial charge in [0.25, 0.3) is 11.8 Å². The Kier molecular flexibility index (Phi) is 9.08. The molecular formula is C41H41BrFN3O6Si. The number of carbonyl (C=O) groups is 3. The number of benzene rings is 4. The van der Waals surface area contributed by atoms with Crippen molar-refractivity contribution in [3.63, 3.8) is 0 Å². The lowest BCUT2D eigenvalue weighted by atomic mass is 9.82. The zero-order valence-corrected chi connectivity index (χ0v) is 32.4. The van der Waals surface area contributed by atoms with Crippen molar-refractivity contribution < 1.29 is 33.1 Å². The van der Waals surface area contributed by atoms with Crippen molar-refractivity contribution in [2.24, 2.45) is 5.92 Å². The predicted molar refractivity (Wildman–Crippen MR) is 206 cm³/mol. The van der Waals surface area contributed by atoms with Crippen LogP contribution in [-0.4, -0.2) is 61.4 Å². The highest BCUT2D eigenvalue weighted by Gasteiger charge is 2.67. The summed E-state index contributed by atoms with van der Waals surface area (Å²) in [4.78, 5) is 47.5. The number of para-hydroxylation sites is 3. The fourth-order valence-corrected chi connectivity index (χ4v) is 11.9. The van der Waals surface area contributed by atoms with Crippen molar-refractivity contribution in [2.45, 2.75) is 69.1 Å². The van der Waals surface area contributed by atoms with Gasteiger partial charge in [0.1, 0.15) is 5.75 Å². The highest BCUT2D eigenvalue weighted by atomic mass is 79.9. The van der Waals surface area contributed by atoms with Crippen LogP contribution < -0.4 is 14.5 Å². The van der Waals surface area contributed by atoms with E-state index in [-0.39, 0.29) is 43.3 Å². The summed E-state index contributed by atoms with van der Waals surface area (Å²) in [5, 5.41) is 9.88. The quantitative estimate of drug-likeness (QED) is 0.150. The largest absolute Gasteiger partial charge is 0.454 e. The lowest BCUT2D eigenvalue weighted by Crippen LogP contribution is -2.45. The molecule has 3 amide bonds. The molecule has 2 saturated heterocycles. The average Bonchev–Trinajstić information content (AvgIpc) is 3.77. The van der Waals surface area contributed by atoms with Gasteiger partial charge in [-0.2, -0.15) is 0 Å². The van der Waals surface area contributed by atoms with Crippen LogP contribution in [0.2, 0.25) is 18.6 Å². The minimum atomic E-state index is -3.48. The lowest BCUT2D eigenvalue weighted by Gasteiger charge is -2.31. The highest BCUT2D eigenvalue weighted by molar-refractivity contribution is 9.10. The maximum atomic E-state index is 16.4. The molecule has 53 heavy (non-hydrogen) atoms. The number of rotatable bonds is 7. The molecule has 4 aromatic rings. The molecule has 12 heteroatoms. The number of halogens is 2. The van der Waals surface area contributed by atoms with E-state index in [4.69, 9.17) is 9.47 Å². The molecule has 0 unspecified atom stereocenters. The SMILES string of the molecule is C[C@H]1[C@H]([Si](C)(C)F)[C@@H](CC(=O)N2CCC[C@H]2CO)O[C@]12C(=O)N(Cc1ccc(N3C(=O)c4ccccc4Oc4ccccc43)cc1)c1ccc(Br)cc12. The second-order valence-corrected chi connectivity index (χ2v) is 19.7. The molecule has 8 rings (SSSR count). The third-order valence-electron chi connectivity index (χ3n) is 11.4. The topological polar surface area (TPSA) is 99.6 Å². The number of aliphatic hydroxyl groups excluding tert-OH is 1. The summed E-state index contributed by atoms with van der Waals surface area (Å²) in [5.41, 5.74) is 1.73. The molecule has 4 heterocycles. The zero-order valence-electron chi connectivity index (χ0n) is 29.8. The third-order valence-corrected chi connectivity index (χ3v) is 14.3. The summed E-state index contributed by atoms with van der Waals surface area (Å²) in [6.07, 6.45) is 0.665. The monoisotopic (exact) mass is 797 g/mol. The molecule has 2 fully saturated rings. The van der Waals surface area contributed by atoms with Crippen LogP contribution in [0.25, 0.3) is 0 Å². The first-order valence-electron chi connectivity index (χ1n) is 18.1. The summed E-state index contributed by atoms with van der Waals surface area (Å²) < 4.78 is 30.1. The van der Waals surface area contributed by atoms with E-state index in [2.05, 4.69) is 15.9 Å². The predicted octanol–water partition coefficient (Wildman–Crippen LogP) is 8.23. The van der Waals surface area contributed by atoms with Crippen LogP contribution in [0.4, 0.5) is 21.2 Å². The van der Waals surface area contributed by atoms with E-state index in [1.807, 2.05) is 85.8 Å². The van der Waals surface area contributed by atoms with Crippen LogP contribution in [0.5, 0.6) is 11.5 Å². The fraction of sp³-hybridized carbons (Fsp3) is 0.341. The maximum absolute atomic E-state index is 16.4. The summed E-state index contributed by atoms with van der Waals surface area (Å²) in [7, 11) is -3.48. The van der Waals surface area contributed by atoms with Crippen molar-refractivity contribution in [1.29, 1.82) is 0 Å². The van der Waals surface area contributed by atoms with Gasteiger partial charge in [0.15, 0.2) is 11.4 Å². The Labute approximate surface area is 317 Å². The van der Waals surface area contributed by atoms with E-state index in [0.717, 1.165) is 22.9 Å². The molecule has 0 aromatic heterocycles. The molecule has 4 aliphatic heterocycles. The molecule has 0 bridgehead atoms. The van der Waals surface area contributed by atoms with E-state index in [1.165, 1.54) is 0 Å². The summed E-state index contributed by atoms with van der Waals surface area (Å²) in [6, 6.07) is 27.5. The first-order chi connectivity index (χ1) is 25.4. The van der Waals surface area contributed by atoms with Crippen LogP contribution in [-0.2, 0) is 26.5 Å². The number of anilines is 3. The second-order valence-electron chi connectivity index (χ2n) is 15.0. The molecule has 1 spiro atoms. The Morgan fingerprint density at radius 3 is 2.43 bits per heavy atom. The number of aliphatic hydroxyl groups is 1. The minimum Gasteiger partial charge on any atom is -0.454 e. The lowest BCUT2D eigenvalue weighted by molar-refractivity contribution is -0.150. The smallest absolute Gasteiger partial charge is 0.266 e. The minimum absolute atomic E-state index is 0.0560. The van der Waals surface area contributed by atoms with E-state index in [0.29, 0.717) is 46.2 Å². The van der Waals surface area contributed by atoms with Gasteiger partial charge in [0.2, 0.25) is 14.3 Å². The Morgan fingerprint density at radius 1 is 0.981 bits per heavy atom. The molecule has 9 nitrogen and oxygen atoms in total. The molecular weight excluding hydrogens is 757 g/mol. The average molecular weight is 799 g/mol. The van der Waals surface area contributed by atoms with Crippen LogP contribution in [0.3, 0.4) is 0 Å². The number of likely N-dealkylation sites (tertiary alicyclic amines) is 1. The molecule has 4 aromatic carbocycles. The van der Waals surface area contributed by atoms with E-state index in [1.54, 1.807) is 39.9 Å². The van der Waals surface area contributed by atoms with E-state index in [9.17, 15) is 19.5 Å². The molecule has 5 atom stereocenters. The number of ether oxygens (including phenoxy) is 2. The molecule has 274 valence electrons. The van der Waals surface area contributed by atoms with Gasteiger partial charge in [-0.1, -0.05) is 59.3 Å². The van der Waals surface area contributed by atoms with Gasteiger partial charge in [-0.05, 0) is 86.1 Å². The Balaban J connectivity index is 1.11. The summed E-state index contributed by atoms with van der Waals surface area (Å²) in [5.74, 6) is -0.205. The van der Waals surface area contributed by atoms with Gasteiger partial charge in [-0.25, -0.2) is 0 Å². The van der Waals surface area contributed by atoms with Crippen molar-refractivity contribution in [3.8, 4) is 11.5 Å². The molecule has 0 radical (unpaired) electrons. The summed E-state index contributed by atoms with van der Waals surface area (Å²) >= 11 is 3.59. The Morgan fingerprint density at radius 2 is 1.70 bits per heavy atom. The second kappa shape index (κ2) is 13.5. The normalized spacial score (nSPS) is 25.0. The summed E-state index contributed by atoms with van der Waals surface area (Å²) in [6.45, 7) is 5.76. The van der Waals surface area contributed by atoms with Gasteiger partial charge in [0, 0.05) is 33.7 Å². The number of fused-ring (bicyclic) bond motifs is 4. The maximum Gasteiger partial charge on any atom is 0.266 e. The first kappa shape index (κ1) is 35.7. The van der Waals surface area contributed by atoms with Crippen molar-refractivity contribution in [1.82, 2.24) is 4.90 Å². The fourth-order valence-electron chi connectivity index (χ4n) is 9.02. The number of hydrogen-bond acceptors (Lipinski definition) is 6. The van der Waals surface area contributed by atoms with Crippen LogP contribution >= 0.6 is 15.9 Å². The van der Waals surface area contributed by atoms with E-state index >= 15 is 4.11 Å². The third kappa shape index (κ3) is 5.90. The van der Waals surface area contributed by atoms with Gasteiger partial charge < -0.3 is 28.5 Å². The number of nitrogens with zero attached hydrogens (tertiary/aromatic N) is 3. The van der Waals surface area contributed by atoms with Crippen molar-refractivity contribution in [2.75, 3.05) is 23.0 Å². The molecule has 4 aliphatic rings. The highest BCUT2D eigenvalue weighted by Crippen LogP contribution is 2.60. The Bertz CT molecular complexity index is 2110. The van der Waals surface area contributed by atoms with Gasteiger partial charge >= 0.3 is 0 Å². The standard InChI is InChI=1S/C41H41BrFN3O6Si/c1-25-38(53(2,3)43)36(22-37(48)44-20-8-9-29(44)24-47)52-41(25)31-21-27(42)16-19-32(31)45(40(41)50)23-26-14-17-28(18-15-26)46-33-11-5-7-13-35(33)51-34-12-6-4-10-30(34)39(46)49/h4-7,10-19,21,25,29,36,38,47H,8-9,20,22-24H2,1-3H3/t25-,29-,36+,38-,41+/m0/s1. The zero-order chi connectivity index (χ0) is 37.2. The van der Waals surface area contributed by atoms with E-state index < -0.39 is 31.6 Å². The van der Waals surface area contributed by atoms with Crippen LogP contribution in [0.15, 0.2) is 95.5 Å². The van der Waals surface area contributed by atoms with Gasteiger partial charge in [-0.15, -0.1) is 0 Å². The van der Waals surface area contributed by atoms with Crippen LogP contribution in [0, 0.1) is 5.92 Å². The first-order valence-corrected chi connectivity index (χ1v) is 21.9.